The lowest BCUT2D eigenvalue weighted by Gasteiger charge is -2.03. The van der Waals surface area contributed by atoms with Crippen LogP contribution in [0.5, 0.6) is 0 Å². The molecule has 0 atom stereocenters. The summed E-state index contributed by atoms with van der Waals surface area (Å²) in [6.07, 6.45) is 2.61. The molecule has 0 bridgehead atoms. The summed E-state index contributed by atoms with van der Waals surface area (Å²) in [5.74, 6) is 0. The molecule has 12 heavy (non-hydrogen) atoms. The lowest BCUT2D eigenvalue weighted by molar-refractivity contribution is 0.187. The van der Waals surface area contributed by atoms with E-state index in [1.54, 1.807) is 18.0 Å². The first-order valence-electron chi connectivity index (χ1n) is 3.99. The molecule has 0 spiro atoms. The second-order valence-corrected chi connectivity index (χ2v) is 2.55. The second kappa shape index (κ2) is 4.90. The predicted molar refractivity (Wildman–Crippen MR) is 44.6 cm³/mol. The molecule has 1 N–H and O–H groups in total. The highest BCUT2D eigenvalue weighted by molar-refractivity contribution is 4.97. The molecule has 0 aliphatic heterocycles. The Hall–Kier alpha value is -0.870. The van der Waals surface area contributed by atoms with Crippen LogP contribution in [0.25, 0.3) is 0 Å². The van der Waals surface area contributed by atoms with Gasteiger partial charge in [0.05, 0.1) is 12.3 Å². The molecule has 0 aliphatic rings. The Balaban J connectivity index is 2.39. The molecule has 0 unspecified atom stereocenters. The van der Waals surface area contributed by atoms with Crippen LogP contribution >= 0.6 is 0 Å². The first-order chi connectivity index (χ1) is 5.88. The maximum atomic E-state index is 8.87. The summed E-state index contributed by atoms with van der Waals surface area (Å²) >= 11 is 0. The number of rotatable bonds is 5. The van der Waals surface area contributed by atoms with Gasteiger partial charge in [-0.3, -0.25) is 4.68 Å². The number of aromatic nitrogens is 2. The van der Waals surface area contributed by atoms with E-state index in [-0.39, 0.29) is 6.61 Å². The van der Waals surface area contributed by atoms with E-state index in [0.29, 0.717) is 0 Å². The van der Waals surface area contributed by atoms with Crippen LogP contribution in [0.4, 0.5) is 0 Å². The number of aliphatic hydroxyl groups excluding tert-OH is 1. The van der Waals surface area contributed by atoms with Gasteiger partial charge in [-0.25, -0.2) is 0 Å². The molecule has 0 saturated heterocycles. The Morgan fingerprint density at radius 2 is 2.50 bits per heavy atom. The van der Waals surface area contributed by atoms with Crippen LogP contribution in [0.15, 0.2) is 12.3 Å². The van der Waals surface area contributed by atoms with E-state index in [0.717, 1.165) is 25.3 Å². The van der Waals surface area contributed by atoms with Crippen molar-refractivity contribution in [3.05, 3.63) is 18.0 Å². The Kier molecular flexibility index (Phi) is 3.76. The molecule has 4 nitrogen and oxygen atoms in total. The summed E-state index contributed by atoms with van der Waals surface area (Å²) in [4.78, 5) is 0. The normalized spacial score (nSPS) is 10.5. The summed E-state index contributed by atoms with van der Waals surface area (Å²) in [7, 11) is 1.68. The van der Waals surface area contributed by atoms with Crippen molar-refractivity contribution in [2.24, 2.45) is 0 Å². The standard InChI is InChI=1S/C8H14N2O2/c1-12-6-2-5-10-8(7-11)3-4-9-10/h3-4,11H,2,5-7H2,1H3. The molecule has 0 saturated carbocycles. The molecule has 0 amide bonds. The maximum absolute atomic E-state index is 8.87. The van der Waals surface area contributed by atoms with E-state index >= 15 is 0 Å². The van der Waals surface area contributed by atoms with Crippen molar-refractivity contribution in [1.82, 2.24) is 9.78 Å². The van der Waals surface area contributed by atoms with Crippen LogP contribution in [0, 0.1) is 0 Å². The highest BCUT2D eigenvalue weighted by atomic mass is 16.5. The summed E-state index contributed by atoms with van der Waals surface area (Å²) in [6, 6.07) is 1.81. The minimum atomic E-state index is 0.0486. The molecule has 0 aliphatic carbocycles. The lowest BCUT2D eigenvalue weighted by Crippen LogP contribution is -2.06. The van der Waals surface area contributed by atoms with Crippen LogP contribution in [0.1, 0.15) is 12.1 Å². The average Bonchev–Trinajstić information content (AvgIpc) is 2.52. The monoisotopic (exact) mass is 170 g/mol. The molecule has 1 aromatic rings. The van der Waals surface area contributed by atoms with E-state index in [1.165, 1.54) is 0 Å². The molecule has 0 radical (unpaired) electrons. The fourth-order valence-corrected chi connectivity index (χ4v) is 1.05. The first kappa shape index (κ1) is 9.22. The van der Waals surface area contributed by atoms with Crippen molar-refractivity contribution in [3.63, 3.8) is 0 Å². The number of aliphatic hydroxyl groups is 1. The van der Waals surface area contributed by atoms with Gasteiger partial charge in [0.2, 0.25) is 0 Å². The van der Waals surface area contributed by atoms with Crippen molar-refractivity contribution in [1.29, 1.82) is 0 Å². The summed E-state index contributed by atoms with van der Waals surface area (Å²) in [5.41, 5.74) is 0.853. The second-order valence-electron chi connectivity index (χ2n) is 2.55. The average molecular weight is 170 g/mol. The smallest absolute Gasteiger partial charge is 0.0849 e. The molecule has 1 aromatic heterocycles. The zero-order valence-electron chi connectivity index (χ0n) is 7.23. The van der Waals surface area contributed by atoms with Crippen LogP contribution in [-0.2, 0) is 17.9 Å². The van der Waals surface area contributed by atoms with Crippen molar-refractivity contribution in [2.45, 2.75) is 19.6 Å². The zero-order valence-corrected chi connectivity index (χ0v) is 7.23. The summed E-state index contributed by atoms with van der Waals surface area (Å²) in [6.45, 7) is 1.58. The van der Waals surface area contributed by atoms with Gasteiger partial charge in [0, 0.05) is 26.5 Å². The molecule has 1 heterocycles. The Bertz CT molecular complexity index is 223. The fraction of sp³-hybridized carbons (Fsp3) is 0.625. The van der Waals surface area contributed by atoms with E-state index < -0.39 is 0 Å². The number of aryl methyl sites for hydroxylation is 1. The number of hydrogen-bond acceptors (Lipinski definition) is 3. The minimum absolute atomic E-state index is 0.0486. The molecule has 1 rings (SSSR count). The van der Waals surface area contributed by atoms with Crippen LogP contribution in [0.2, 0.25) is 0 Å². The summed E-state index contributed by atoms with van der Waals surface area (Å²) < 4.78 is 6.70. The van der Waals surface area contributed by atoms with Crippen LogP contribution in [-0.4, -0.2) is 28.6 Å². The van der Waals surface area contributed by atoms with Gasteiger partial charge in [0.1, 0.15) is 0 Å². The Morgan fingerprint density at radius 1 is 1.67 bits per heavy atom. The lowest BCUT2D eigenvalue weighted by atomic mass is 10.4. The Morgan fingerprint density at radius 3 is 3.17 bits per heavy atom. The van der Waals surface area contributed by atoms with Crippen molar-refractivity contribution >= 4 is 0 Å². The third kappa shape index (κ3) is 2.32. The van der Waals surface area contributed by atoms with Crippen molar-refractivity contribution in [2.75, 3.05) is 13.7 Å². The molecule has 0 fully saturated rings. The van der Waals surface area contributed by atoms with E-state index in [9.17, 15) is 0 Å². The first-order valence-corrected chi connectivity index (χ1v) is 3.99. The van der Waals surface area contributed by atoms with Gasteiger partial charge in [0.15, 0.2) is 0 Å². The third-order valence-electron chi connectivity index (χ3n) is 1.68. The van der Waals surface area contributed by atoms with E-state index in [2.05, 4.69) is 5.10 Å². The number of ether oxygens (including phenoxy) is 1. The fourth-order valence-electron chi connectivity index (χ4n) is 1.05. The van der Waals surface area contributed by atoms with Gasteiger partial charge in [-0.15, -0.1) is 0 Å². The maximum Gasteiger partial charge on any atom is 0.0849 e. The van der Waals surface area contributed by atoms with E-state index in [1.807, 2.05) is 6.07 Å². The van der Waals surface area contributed by atoms with Gasteiger partial charge < -0.3 is 9.84 Å². The van der Waals surface area contributed by atoms with Gasteiger partial charge in [-0.2, -0.15) is 5.10 Å². The molecule has 4 heteroatoms. The van der Waals surface area contributed by atoms with Gasteiger partial charge in [-0.05, 0) is 12.5 Å². The topological polar surface area (TPSA) is 47.3 Å². The SMILES string of the molecule is COCCCn1nccc1CO. The molecule has 0 aromatic carbocycles. The van der Waals surface area contributed by atoms with E-state index in [4.69, 9.17) is 9.84 Å². The molecular formula is C8H14N2O2. The number of nitrogens with zero attached hydrogens (tertiary/aromatic N) is 2. The Labute approximate surface area is 71.8 Å². The zero-order chi connectivity index (χ0) is 8.81. The quantitative estimate of drug-likeness (QED) is 0.651. The summed E-state index contributed by atoms with van der Waals surface area (Å²) in [5, 5.41) is 12.9. The van der Waals surface area contributed by atoms with Crippen LogP contribution < -0.4 is 0 Å². The minimum Gasteiger partial charge on any atom is -0.390 e. The van der Waals surface area contributed by atoms with Crippen molar-refractivity contribution in [3.8, 4) is 0 Å². The van der Waals surface area contributed by atoms with Gasteiger partial charge in [-0.1, -0.05) is 0 Å². The number of methoxy groups -OCH3 is 1. The molecular weight excluding hydrogens is 156 g/mol. The van der Waals surface area contributed by atoms with Crippen LogP contribution in [0.3, 0.4) is 0 Å². The van der Waals surface area contributed by atoms with Gasteiger partial charge in [0.25, 0.3) is 0 Å². The van der Waals surface area contributed by atoms with Crippen molar-refractivity contribution < 1.29 is 9.84 Å². The number of hydrogen-bond donors (Lipinski definition) is 1. The molecule has 68 valence electrons. The highest BCUT2D eigenvalue weighted by Crippen LogP contribution is 1.99. The third-order valence-corrected chi connectivity index (χ3v) is 1.68. The largest absolute Gasteiger partial charge is 0.390 e. The van der Waals surface area contributed by atoms with Gasteiger partial charge >= 0.3 is 0 Å². The highest BCUT2D eigenvalue weighted by Gasteiger charge is 1.98. The predicted octanol–water partition coefficient (Wildman–Crippen LogP) is 0.412.